The van der Waals surface area contributed by atoms with Gasteiger partial charge in [-0.05, 0) is 13.0 Å². The molecule has 2 heterocycles. The van der Waals surface area contributed by atoms with E-state index in [0.29, 0.717) is 0 Å². The van der Waals surface area contributed by atoms with Gasteiger partial charge in [0, 0.05) is 18.8 Å². The summed E-state index contributed by atoms with van der Waals surface area (Å²) in [5.74, 6) is 0.761. The first-order valence-electron chi connectivity index (χ1n) is 5.39. The van der Waals surface area contributed by atoms with Crippen molar-refractivity contribution < 1.29 is 9.47 Å². The molecule has 0 spiro atoms. The topological polar surface area (TPSA) is 46.6 Å². The number of hydrogen-bond donors (Lipinski definition) is 1. The molecule has 1 aliphatic rings. The number of ether oxygens (including phenoxy) is 2. The number of nitrogens with one attached hydrogen (secondary N) is 1. The Morgan fingerprint density at radius 1 is 1.44 bits per heavy atom. The van der Waals surface area contributed by atoms with Crippen LogP contribution in [0.5, 0.6) is 5.75 Å². The van der Waals surface area contributed by atoms with E-state index in [9.17, 15) is 0 Å². The third-order valence-electron chi connectivity index (χ3n) is 2.51. The molecule has 5 nitrogen and oxygen atoms in total. The van der Waals surface area contributed by atoms with E-state index in [2.05, 4.69) is 15.4 Å². The monoisotopic (exact) mass is 223 g/mol. The van der Waals surface area contributed by atoms with E-state index in [1.807, 2.05) is 13.0 Å². The summed E-state index contributed by atoms with van der Waals surface area (Å²) in [6.07, 6.45) is 1.73. The van der Waals surface area contributed by atoms with Crippen LogP contribution in [0.25, 0.3) is 0 Å². The number of aromatic nitrogens is 1. The van der Waals surface area contributed by atoms with E-state index in [1.54, 1.807) is 13.3 Å². The van der Waals surface area contributed by atoms with Crippen LogP contribution in [0.15, 0.2) is 12.3 Å². The molecule has 1 N–H and O–H groups in total. The molecule has 1 aromatic rings. The number of anilines is 1. The van der Waals surface area contributed by atoms with E-state index >= 15 is 0 Å². The van der Waals surface area contributed by atoms with Crippen molar-refractivity contribution in [2.24, 2.45) is 0 Å². The van der Waals surface area contributed by atoms with Crippen LogP contribution in [0.1, 0.15) is 5.69 Å². The Bertz CT molecular complexity index is 351. The standard InChI is InChI=1S/C11H17N3O2/c1-9-7-10(11(15-2)8-12-9)13-14-3-5-16-6-4-14/h7-8H,3-6H2,1-2H3,(H,12,13). The lowest BCUT2D eigenvalue weighted by Gasteiger charge is -2.28. The Morgan fingerprint density at radius 2 is 2.19 bits per heavy atom. The van der Waals surface area contributed by atoms with Crippen molar-refractivity contribution in [2.45, 2.75) is 6.92 Å². The minimum Gasteiger partial charge on any atom is -0.493 e. The zero-order valence-electron chi connectivity index (χ0n) is 9.69. The summed E-state index contributed by atoms with van der Waals surface area (Å²) in [6.45, 7) is 5.25. The van der Waals surface area contributed by atoms with Crippen LogP contribution in [0, 0.1) is 6.92 Å². The van der Waals surface area contributed by atoms with Gasteiger partial charge in [0.2, 0.25) is 0 Å². The minimum absolute atomic E-state index is 0.761. The number of hydrazine groups is 1. The zero-order chi connectivity index (χ0) is 11.4. The van der Waals surface area contributed by atoms with Gasteiger partial charge in [0.15, 0.2) is 5.75 Å². The number of pyridine rings is 1. The van der Waals surface area contributed by atoms with Crippen molar-refractivity contribution >= 4 is 5.69 Å². The summed E-state index contributed by atoms with van der Waals surface area (Å²) < 4.78 is 10.6. The van der Waals surface area contributed by atoms with Gasteiger partial charge in [-0.15, -0.1) is 0 Å². The molecule has 1 aliphatic heterocycles. The Hall–Kier alpha value is -1.33. The molecular weight excluding hydrogens is 206 g/mol. The van der Waals surface area contributed by atoms with E-state index < -0.39 is 0 Å². The van der Waals surface area contributed by atoms with E-state index in [4.69, 9.17) is 9.47 Å². The minimum atomic E-state index is 0.761. The highest BCUT2D eigenvalue weighted by atomic mass is 16.5. The van der Waals surface area contributed by atoms with Crippen molar-refractivity contribution in [3.8, 4) is 5.75 Å². The molecule has 0 aromatic carbocycles. The van der Waals surface area contributed by atoms with Gasteiger partial charge < -0.3 is 14.9 Å². The lowest BCUT2D eigenvalue weighted by atomic mass is 10.3. The summed E-state index contributed by atoms with van der Waals surface area (Å²) in [5.41, 5.74) is 5.25. The number of methoxy groups -OCH3 is 1. The fourth-order valence-corrected chi connectivity index (χ4v) is 1.64. The van der Waals surface area contributed by atoms with E-state index in [1.165, 1.54) is 0 Å². The molecule has 1 saturated heterocycles. The molecule has 5 heteroatoms. The number of aryl methyl sites for hydroxylation is 1. The lowest BCUT2D eigenvalue weighted by molar-refractivity contribution is 0.0495. The first kappa shape index (κ1) is 11.2. The third-order valence-corrected chi connectivity index (χ3v) is 2.51. The Kier molecular flexibility index (Phi) is 3.58. The highest BCUT2D eigenvalue weighted by Gasteiger charge is 2.12. The van der Waals surface area contributed by atoms with Gasteiger partial charge in [0.05, 0.1) is 32.2 Å². The van der Waals surface area contributed by atoms with Crippen molar-refractivity contribution in [2.75, 3.05) is 38.8 Å². The predicted molar refractivity (Wildman–Crippen MR) is 61.5 cm³/mol. The lowest BCUT2D eigenvalue weighted by Crippen LogP contribution is -2.40. The largest absolute Gasteiger partial charge is 0.493 e. The normalized spacial score (nSPS) is 17.1. The second kappa shape index (κ2) is 5.14. The molecule has 16 heavy (non-hydrogen) atoms. The summed E-state index contributed by atoms with van der Waals surface area (Å²) >= 11 is 0. The number of nitrogens with zero attached hydrogens (tertiary/aromatic N) is 2. The van der Waals surface area contributed by atoms with Crippen molar-refractivity contribution in [1.82, 2.24) is 9.99 Å². The van der Waals surface area contributed by atoms with Crippen LogP contribution in [0.4, 0.5) is 5.69 Å². The molecule has 0 atom stereocenters. The van der Waals surface area contributed by atoms with E-state index in [-0.39, 0.29) is 0 Å². The average Bonchev–Trinajstić information content (AvgIpc) is 2.31. The number of morpholine rings is 1. The summed E-state index contributed by atoms with van der Waals surface area (Å²) in [6, 6.07) is 1.98. The Morgan fingerprint density at radius 3 is 2.88 bits per heavy atom. The summed E-state index contributed by atoms with van der Waals surface area (Å²) in [5, 5.41) is 2.13. The molecule has 2 rings (SSSR count). The number of rotatable bonds is 3. The van der Waals surface area contributed by atoms with Crippen LogP contribution in [0.2, 0.25) is 0 Å². The molecule has 0 radical (unpaired) electrons. The molecule has 0 aliphatic carbocycles. The summed E-state index contributed by atoms with van der Waals surface area (Å²) in [7, 11) is 1.65. The van der Waals surface area contributed by atoms with Crippen LogP contribution in [-0.4, -0.2) is 43.4 Å². The molecule has 88 valence electrons. The van der Waals surface area contributed by atoms with Crippen molar-refractivity contribution in [1.29, 1.82) is 0 Å². The molecule has 1 aromatic heterocycles. The van der Waals surface area contributed by atoms with Crippen LogP contribution in [-0.2, 0) is 4.74 Å². The fraction of sp³-hybridized carbons (Fsp3) is 0.545. The van der Waals surface area contributed by atoms with Crippen molar-refractivity contribution in [3.63, 3.8) is 0 Å². The maximum absolute atomic E-state index is 5.29. The Labute approximate surface area is 95.3 Å². The average molecular weight is 223 g/mol. The van der Waals surface area contributed by atoms with Crippen molar-refractivity contribution in [3.05, 3.63) is 18.0 Å². The van der Waals surface area contributed by atoms with Crippen LogP contribution in [0.3, 0.4) is 0 Å². The van der Waals surface area contributed by atoms with Gasteiger partial charge in [-0.1, -0.05) is 0 Å². The highest BCUT2D eigenvalue weighted by Crippen LogP contribution is 2.24. The predicted octanol–water partition coefficient (Wildman–Crippen LogP) is 1.06. The van der Waals surface area contributed by atoms with Gasteiger partial charge in [-0.25, -0.2) is 5.01 Å². The molecular formula is C11H17N3O2. The molecule has 0 saturated carbocycles. The molecule has 0 bridgehead atoms. The first-order chi connectivity index (χ1) is 7.79. The van der Waals surface area contributed by atoms with Gasteiger partial charge in [0.1, 0.15) is 0 Å². The van der Waals surface area contributed by atoms with E-state index in [0.717, 1.165) is 43.4 Å². The second-order valence-electron chi connectivity index (χ2n) is 3.74. The third kappa shape index (κ3) is 2.62. The van der Waals surface area contributed by atoms with Gasteiger partial charge in [-0.3, -0.25) is 4.98 Å². The van der Waals surface area contributed by atoms with Gasteiger partial charge in [-0.2, -0.15) is 0 Å². The quantitative estimate of drug-likeness (QED) is 0.830. The highest BCUT2D eigenvalue weighted by molar-refractivity contribution is 5.55. The van der Waals surface area contributed by atoms with Gasteiger partial charge >= 0.3 is 0 Å². The molecule has 1 fully saturated rings. The molecule has 0 unspecified atom stereocenters. The van der Waals surface area contributed by atoms with Crippen LogP contribution < -0.4 is 10.2 Å². The number of hydrogen-bond acceptors (Lipinski definition) is 5. The maximum atomic E-state index is 5.29. The zero-order valence-corrected chi connectivity index (χ0v) is 9.69. The first-order valence-corrected chi connectivity index (χ1v) is 5.39. The smallest absolute Gasteiger partial charge is 0.161 e. The van der Waals surface area contributed by atoms with Crippen LogP contribution >= 0.6 is 0 Å². The SMILES string of the molecule is COc1cnc(C)cc1NN1CCOCC1. The fourth-order valence-electron chi connectivity index (χ4n) is 1.64. The molecule has 0 amide bonds. The maximum Gasteiger partial charge on any atom is 0.161 e. The van der Waals surface area contributed by atoms with Gasteiger partial charge in [0.25, 0.3) is 0 Å². The second-order valence-corrected chi connectivity index (χ2v) is 3.74. The summed E-state index contributed by atoms with van der Waals surface area (Å²) in [4.78, 5) is 4.20. The Balaban J connectivity index is 2.09.